The number of fused-ring (bicyclic) bond motifs is 1. The van der Waals surface area contributed by atoms with Gasteiger partial charge in [-0.1, -0.05) is 0 Å². The van der Waals surface area contributed by atoms with Gasteiger partial charge in [-0.2, -0.15) is 0 Å². The van der Waals surface area contributed by atoms with Crippen molar-refractivity contribution in [3.63, 3.8) is 0 Å². The minimum absolute atomic E-state index is 0.221. The van der Waals surface area contributed by atoms with E-state index in [1.807, 2.05) is 32.3 Å². The van der Waals surface area contributed by atoms with Gasteiger partial charge in [0.25, 0.3) is 0 Å². The largest absolute Gasteiger partial charge is 0.508 e. The number of aromatic hydroxyl groups is 1. The molecule has 120 valence electrons. The Bertz CT molecular complexity index is 779. The molecule has 0 saturated heterocycles. The predicted molar refractivity (Wildman–Crippen MR) is 89.8 cm³/mol. The maximum absolute atomic E-state index is 9.35. The summed E-state index contributed by atoms with van der Waals surface area (Å²) in [6.45, 7) is 1.66. The molecule has 0 unspecified atom stereocenters. The minimum atomic E-state index is 0.221. The fourth-order valence-electron chi connectivity index (χ4n) is 2.29. The van der Waals surface area contributed by atoms with Crippen molar-refractivity contribution in [1.82, 2.24) is 9.88 Å². The van der Waals surface area contributed by atoms with Gasteiger partial charge in [0, 0.05) is 18.2 Å². The zero-order chi connectivity index (χ0) is 16.2. The van der Waals surface area contributed by atoms with E-state index in [1.165, 1.54) is 0 Å². The number of benzene rings is 2. The van der Waals surface area contributed by atoms with Crippen LogP contribution < -0.4 is 4.74 Å². The molecule has 1 aromatic heterocycles. The topological polar surface area (TPSA) is 58.7 Å². The van der Waals surface area contributed by atoms with Crippen LogP contribution >= 0.6 is 0 Å². The lowest BCUT2D eigenvalue weighted by Crippen LogP contribution is -2.15. The second-order valence-electron chi connectivity index (χ2n) is 5.70. The molecule has 1 heterocycles. The van der Waals surface area contributed by atoms with Gasteiger partial charge in [-0.15, -0.1) is 0 Å². The smallest absolute Gasteiger partial charge is 0.227 e. The Morgan fingerprint density at radius 3 is 2.65 bits per heavy atom. The van der Waals surface area contributed by atoms with Gasteiger partial charge in [-0.05, 0) is 56.9 Å². The maximum Gasteiger partial charge on any atom is 0.227 e. The molecule has 3 aromatic rings. The molecule has 0 aliphatic rings. The minimum Gasteiger partial charge on any atom is -0.508 e. The van der Waals surface area contributed by atoms with E-state index < -0.39 is 0 Å². The summed E-state index contributed by atoms with van der Waals surface area (Å²) in [6, 6.07) is 12.4. The highest BCUT2D eigenvalue weighted by atomic mass is 16.5. The monoisotopic (exact) mass is 312 g/mol. The fraction of sp³-hybridized carbons (Fsp3) is 0.278. The van der Waals surface area contributed by atoms with Crippen molar-refractivity contribution in [3.8, 4) is 23.0 Å². The lowest BCUT2D eigenvalue weighted by atomic mass is 10.2. The normalized spacial score (nSPS) is 11.3. The third-order valence-corrected chi connectivity index (χ3v) is 3.49. The highest BCUT2D eigenvalue weighted by Gasteiger charge is 2.09. The first kappa shape index (κ1) is 15.4. The lowest BCUT2D eigenvalue weighted by molar-refractivity contribution is 0.281. The molecule has 0 aliphatic heterocycles. The van der Waals surface area contributed by atoms with Crippen LogP contribution in [-0.4, -0.2) is 42.2 Å². The van der Waals surface area contributed by atoms with Crippen molar-refractivity contribution < 1.29 is 14.3 Å². The van der Waals surface area contributed by atoms with E-state index in [0.29, 0.717) is 18.1 Å². The molecule has 2 aromatic carbocycles. The number of ether oxygens (including phenoxy) is 1. The Balaban J connectivity index is 1.74. The maximum atomic E-state index is 9.35. The van der Waals surface area contributed by atoms with Crippen LogP contribution in [0.3, 0.4) is 0 Å². The highest BCUT2D eigenvalue weighted by Crippen LogP contribution is 2.28. The van der Waals surface area contributed by atoms with Gasteiger partial charge in [-0.3, -0.25) is 0 Å². The van der Waals surface area contributed by atoms with Crippen LogP contribution in [0.1, 0.15) is 6.42 Å². The van der Waals surface area contributed by atoms with E-state index in [0.717, 1.165) is 29.8 Å². The Labute approximate surface area is 135 Å². The molecular weight excluding hydrogens is 292 g/mol. The van der Waals surface area contributed by atoms with Crippen molar-refractivity contribution in [2.45, 2.75) is 6.42 Å². The summed E-state index contributed by atoms with van der Waals surface area (Å²) < 4.78 is 11.5. The summed E-state index contributed by atoms with van der Waals surface area (Å²) >= 11 is 0. The summed E-state index contributed by atoms with van der Waals surface area (Å²) in [7, 11) is 4.09. The Kier molecular flexibility index (Phi) is 4.48. The Morgan fingerprint density at radius 2 is 1.91 bits per heavy atom. The summed E-state index contributed by atoms with van der Waals surface area (Å²) in [5.74, 6) is 1.53. The van der Waals surface area contributed by atoms with Gasteiger partial charge in [0.2, 0.25) is 5.89 Å². The predicted octanol–water partition coefficient (Wildman–Crippen LogP) is 3.53. The molecule has 0 aliphatic carbocycles. The summed E-state index contributed by atoms with van der Waals surface area (Å²) in [5, 5.41) is 9.35. The second-order valence-corrected chi connectivity index (χ2v) is 5.70. The van der Waals surface area contributed by atoms with E-state index >= 15 is 0 Å². The molecule has 1 N–H and O–H groups in total. The lowest BCUT2D eigenvalue weighted by Gasteiger charge is -2.10. The van der Waals surface area contributed by atoms with Gasteiger partial charge >= 0.3 is 0 Å². The number of hydrogen-bond donors (Lipinski definition) is 1. The van der Waals surface area contributed by atoms with E-state index in [-0.39, 0.29) is 5.75 Å². The average Bonchev–Trinajstić information content (AvgIpc) is 2.95. The third kappa shape index (κ3) is 3.81. The van der Waals surface area contributed by atoms with Gasteiger partial charge in [-0.25, -0.2) is 4.98 Å². The van der Waals surface area contributed by atoms with Crippen LogP contribution in [0.25, 0.3) is 22.6 Å². The SMILES string of the molecule is CN(C)CCCOc1ccc2nc(-c3ccc(O)cc3)oc2c1. The van der Waals surface area contributed by atoms with Crippen molar-refractivity contribution in [1.29, 1.82) is 0 Å². The first-order chi connectivity index (χ1) is 11.1. The van der Waals surface area contributed by atoms with Crippen molar-refractivity contribution in [2.75, 3.05) is 27.2 Å². The van der Waals surface area contributed by atoms with Crippen LogP contribution in [0.5, 0.6) is 11.5 Å². The quantitative estimate of drug-likeness (QED) is 0.706. The number of nitrogens with zero attached hydrogens (tertiary/aromatic N) is 2. The number of phenolic OH excluding ortho intramolecular Hbond substituents is 1. The summed E-state index contributed by atoms with van der Waals surface area (Å²) in [4.78, 5) is 6.59. The molecule has 0 amide bonds. The van der Waals surface area contributed by atoms with Crippen LogP contribution in [-0.2, 0) is 0 Å². The average molecular weight is 312 g/mol. The standard InChI is InChI=1S/C18H20N2O3/c1-20(2)10-3-11-22-15-8-9-16-17(12-15)23-18(19-16)13-4-6-14(21)7-5-13/h4-9,12,21H,3,10-11H2,1-2H3. The molecule has 5 heteroatoms. The summed E-state index contributed by atoms with van der Waals surface area (Å²) in [5.41, 5.74) is 2.30. The van der Waals surface area contributed by atoms with Crippen LogP contribution in [0.15, 0.2) is 46.9 Å². The molecule has 5 nitrogen and oxygen atoms in total. The van der Waals surface area contributed by atoms with Gasteiger partial charge < -0.3 is 19.2 Å². The number of phenols is 1. The molecule has 0 atom stereocenters. The first-order valence-electron chi connectivity index (χ1n) is 7.59. The van der Waals surface area contributed by atoms with Gasteiger partial charge in [0.1, 0.15) is 17.0 Å². The van der Waals surface area contributed by atoms with Crippen LogP contribution in [0.2, 0.25) is 0 Å². The third-order valence-electron chi connectivity index (χ3n) is 3.49. The zero-order valence-corrected chi connectivity index (χ0v) is 13.3. The van der Waals surface area contributed by atoms with Crippen molar-refractivity contribution in [3.05, 3.63) is 42.5 Å². The molecule has 0 fully saturated rings. The molecule has 0 saturated carbocycles. The number of rotatable bonds is 6. The van der Waals surface area contributed by atoms with E-state index in [1.54, 1.807) is 24.3 Å². The Hall–Kier alpha value is -2.53. The summed E-state index contributed by atoms with van der Waals surface area (Å²) in [6.07, 6.45) is 0.972. The molecule has 0 spiro atoms. The fourth-order valence-corrected chi connectivity index (χ4v) is 2.29. The van der Waals surface area contributed by atoms with Crippen molar-refractivity contribution >= 4 is 11.1 Å². The van der Waals surface area contributed by atoms with Crippen LogP contribution in [0, 0.1) is 0 Å². The second kappa shape index (κ2) is 6.71. The zero-order valence-electron chi connectivity index (χ0n) is 13.3. The van der Waals surface area contributed by atoms with E-state index in [4.69, 9.17) is 9.15 Å². The van der Waals surface area contributed by atoms with Gasteiger partial charge in [0.05, 0.1) is 6.61 Å². The molecule has 0 radical (unpaired) electrons. The van der Waals surface area contributed by atoms with Gasteiger partial charge in [0.15, 0.2) is 5.58 Å². The number of oxazole rings is 1. The first-order valence-corrected chi connectivity index (χ1v) is 7.59. The molecule has 23 heavy (non-hydrogen) atoms. The van der Waals surface area contributed by atoms with E-state index in [9.17, 15) is 5.11 Å². The van der Waals surface area contributed by atoms with Crippen LogP contribution in [0.4, 0.5) is 0 Å². The molecular formula is C18H20N2O3. The number of hydrogen-bond acceptors (Lipinski definition) is 5. The van der Waals surface area contributed by atoms with E-state index in [2.05, 4.69) is 9.88 Å². The molecule has 3 rings (SSSR count). The molecule has 0 bridgehead atoms. The van der Waals surface area contributed by atoms with Crippen molar-refractivity contribution in [2.24, 2.45) is 0 Å². The Morgan fingerprint density at radius 1 is 1.13 bits per heavy atom. The highest BCUT2D eigenvalue weighted by molar-refractivity contribution is 5.77. The number of aromatic nitrogens is 1.